The maximum Gasteiger partial charge on any atom is 0.271 e. The van der Waals surface area contributed by atoms with Crippen LogP contribution in [0.2, 0.25) is 0 Å². The van der Waals surface area contributed by atoms with E-state index < -0.39 is 0 Å². The molecule has 0 aliphatic carbocycles. The lowest BCUT2D eigenvalue weighted by molar-refractivity contribution is 0.0949. The SMILES string of the molecule is O=C(NCCc1c[nH]c2ccccc12)c1cnc(Nc2ccccc2F)cn1. The van der Waals surface area contributed by atoms with Crippen molar-refractivity contribution < 1.29 is 9.18 Å². The highest BCUT2D eigenvalue weighted by molar-refractivity contribution is 5.92. The van der Waals surface area contributed by atoms with Gasteiger partial charge in [-0.15, -0.1) is 0 Å². The number of benzene rings is 2. The molecule has 2 heterocycles. The van der Waals surface area contributed by atoms with E-state index in [2.05, 4.69) is 31.7 Å². The predicted molar refractivity (Wildman–Crippen MR) is 106 cm³/mol. The maximum atomic E-state index is 13.7. The van der Waals surface area contributed by atoms with Crippen molar-refractivity contribution in [3.8, 4) is 0 Å². The number of aromatic nitrogens is 3. The predicted octanol–water partition coefficient (Wildman–Crippen LogP) is 3.81. The molecule has 2 aromatic carbocycles. The minimum Gasteiger partial charge on any atom is -0.361 e. The Hall–Kier alpha value is -3.74. The third-order valence-corrected chi connectivity index (χ3v) is 4.38. The Balaban J connectivity index is 1.34. The van der Waals surface area contributed by atoms with Crippen LogP contribution in [-0.2, 0) is 6.42 Å². The Kier molecular flexibility index (Phi) is 4.97. The second-order valence-corrected chi connectivity index (χ2v) is 6.26. The van der Waals surface area contributed by atoms with Crippen molar-refractivity contribution in [2.45, 2.75) is 6.42 Å². The molecule has 0 saturated heterocycles. The van der Waals surface area contributed by atoms with Crippen LogP contribution >= 0.6 is 0 Å². The third kappa shape index (κ3) is 3.83. The van der Waals surface area contributed by atoms with Gasteiger partial charge in [-0.05, 0) is 30.2 Å². The molecule has 3 N–H and O–H groups in total. The highest BCUT2D eigenvalue weighted by atomic mass is 19.1. The molecule has 2 aromatic heterocycles. The summed E-state index contributed by atoms with van der Waals surface area (Å²) in [5, 5.41) is 6.83. The van der Waals surface area contributed by atoms with E-state index in [1.807, 2.05) is 24.4 Å². The zero-order chi connectivity index (χ0) is 19.3. The Morgan fingerprint density at radius 3 is 2.68 bits per heavy atom. The lowest BCUT2D eigenvalue weighted by Crippen LogP contribution is -2.26. The largest absolute Gasteiger partial charge is 0.361 e. The molecule has 0 aliphatic heterocycles. The van der Waals surface area contributed by atoms with Gasteiger partial charge in [0, 0.05) is 23.6 Å². The molecular formula is C21H18FN5O. The molecule has 4 aromatic rings. The van der Waals surface area contributed by atoms with E-state index in [4.69, 9.17) is 0 Å². The zero-order valence-corrected chi connectivity index (χ0v) is 14.9. The molecule has 0 bridgehead atoms. The molecule has 28 heavy (non-hydrogen) atoms. The van der Waals surface area contributed by atoms with E-state index in [1.54, 1.807) is 18.2 Å². The van der Waals surface area contributed by atoms with E-state index in [1.165, 1.54) is 18.5 Å². The van der Waals surface area contributed by atoms with Crippen LogP contribution < -0.4 is 10.6 Å². The number of anilines is 2. The lowest BCUT2D eigenvalue weighted by atomic mass is 10.1. The van der Waals surface area contributed by atoms with Gasteiger partial charge in [-0.3, -0.25) is 4.79 Å². The van der Waals surface area contributed by atoms with E-state index in [9.17, 15) is 9.18 Å². The molecule has 4 rings (SSSR count). The van der Waals surface area contributed by atoms with Gasteiger partial charge in [0.05, 0.1) is 18.1 Å². The Morgan fingerprint density at radius 1 is 1.04 bits per heavy atom. The summed E-state index contributed by atoms with van der Waals surface area (Å²) >= 11 is 0. The number of carbonyl (C=O) groups excluding carboxylic acids is 1. The highest BCUT2D eigenvalue weighted by Crippen LogP contribution is 2.18. The maximum absolute atomic E-state index is 13.7. The van der Waals surface area contributed by atoms with Crippen LogP contribution in [0, 0.1) is 5.82 Å². The molecular weight excluding hydrogens is 357 g/mol. The van der Waals surface area contributed by atoms with Crippen molar-refractivity contribution in [3.63, 3.8) is 0 Å². The van der Waals surface area contributed by atoms with Gasteiger partial charge in [0.15, 0.2) is 0 Å². The number of carbonyl (C=O) groups is 1. The fourth-order valence-electron chi connectivity index (χ4n) is 2.95. The second kappa shape index (κ2) is 7.87. The molecule has 0 unspecified atom stereocenters. The fraction of sp³-hybridized carbons (Fsp3) is 0.0952. The molecule has 0 fully saturated rings. The van der Waals surface area contributed by atoms with E-state index in [-0.39, 0.29) is 17.4 Å². The van der Waals surface area contributed by atoms with Crippen molar-refractivity contribution in [1.29, 1.82) is 0 Å². The van der Waals surface area contributed by atoms with Gasteiger partial charge in [0.25, 0.3) is 5.91 Å². The van der Waals surface area contributed by atoms with Crippen molar-refractivity contribution in [3.05, 3.63) is 84.2 Å². The highest BCUT2D eigenvalue weighted by Gasteiger charge is 2.09. The summed E-state index contributed by atoms with van der Waals surface area (Å²) in [6.45, 7) is 0.484. The van der Waals surface area contributed by atoms with Gasteiger partial charge in [-0.2, -0.15) is 0 Å². The summed E-state index contributed by atoms with van der Waals surface area (Å²) in [5.41, 5.74) is 2.73. The molecule has 0 atom stereocenters. The van der Waals surface area contributed by atoms with Gasteiger partial charge in [0.2, 0.25) is 0 Å². The monoisotopic (exact) mass is 375 g/mol. The van der Waals surface area contributed by atoms with Crippen LogP contribution in [0.25, 0.3) is 10.9 Å². The molecule has 0 radical (unpaired) electrons. The molecule has 140 valence electrons. The number of nitrogens with zero attached hydrogens (tertiary/aromatic N) is 2. The number of hydrogen-bond acceptors (Lipinski definition) is 4. The lowest BCUT2D eigenvalue weighted by Gasteiger charge is -2.07. The Labute approximate surface area is 160 Å². The van der Waals surface area contributed by atoms with Gasteiger partial charge in [0.1, 0.15) is 17.3 Å². The number of fused-ring (bicyclic) bond motifs is 1. The zero-order valence-electron chi connectivity index (χ0n) is 14.9. The minimum atomic E-state index is -0.386. The molecule has 1 amide bonds. The summed E-state index contributed by atoms with van der Waals surface area (Å²) in [5.74, 6) is -0.325. The molecule has 0 aliphatic rings. The van der Waals surface area contributed by atoms with Gasteiger partial charge in [-0.25, -0.2) is 14.4 Å². The summed E-state index contributed by atoms with van der Waals surface area (Å²) in [6.07, 6.45) is 5.43. The molecule has 6 nitrogen and oxygen atoms in total. The van der Waals surface area contributed by atoms with Gasteiger partial charge in [-0.1, -0.05) is 30.3 Å². The average Bonchev–Trinajstić information content (AvgIpc) is 3.13. The van der Waals surface area contributed by atoms with Crippen molar-refractivity contribution in [2.75, 3.05) is 11.9 Å². The number of nitrogens with one attached hydrogen (secondary N) is 3. The average molecular weight is 375 g/mol. The second-order valence-electron chi connectivity index (χ2n) is 6.26. The van der Waals surface area contributed by atoms with E-state index in [0.29, 0.717) is 24.5 Å². The summed E-state index contributed by atoms with van der Waals surface area (Å²) < 4.78 is 13.7. The van der Waals surface area contributed by atoms with Crippen LogP contribution in [0.3, 0.4) is 0 Å². The minimum absolute atomic E-state index is 0.206. The number of amides is 1. The van der Waals surface area contributed by atoms with Gasteiger partial charge < -0.3 is 15.6 Å². The van der Waals surface area contributed by atoms with Crippen molar-refractivity contribution in [2.24, 2.45) is 0 Å². The number of halogens is 1. The molecule has 7 heteroatoms. The Morgan fingerprint density at radius 2 is 1.86 bits per heavy atom. The normalized spacial score (nSPS) is 10.8. The molecule has 0 saturated carbocycles. The Bertz CT molecular complexity index is 1110. The first-order valence-corrected chi connectivity index (χ1v) is 8.87. The van der Waals surface area contributed by atoms with Crippen LogP contribution in [-0.4, -0.2) is 27.4 Å². The fourth-order valence-corrected chi connectivity index (χ4v) is 2.95. The number of hydrogen-bond donors (Lipinski definition) is 3. The first kappa shape index (κ1) is 17.7. The number of para-hydroxylation sites is 2. The number of H-pyrrole nitrogens is 1. The van der Waals surface area contributed by atoms with Crippen LogP contribution in [0.5, 0.6) is 0 Å². The summed E-state index contributed by atoms with van der Waals surface area (Å²) in [7, 11) is 0. The molecule has 0 spiro atoms. The van der Waals surface area contributed by atoms with E-state index in [0.717, 1.165) is 16.5 Å². The van der Waals surface area contributed by atoms with Crippen molar-refractivity contribution >= 4 is 28.3 Å². The number of aromatic amines is 1. The van der Waals surface area contributed by atoms with Crippen molar-refractivity contribution in [1.82, 2.24) is 20.3 Å². The standard InChI is InChI=1S/C21H18FN5O/c22-16-6-2-4-8-18(16)27-20-13-25-19(12-26-20)21(28)23-10-9-14-11-24-17-7-3-1-5-15(14)17/h1-8,11-13,24H,9-10H2,(H,23,28)(H,26,27). The first-order chi connectivity index (χ1) is 13.7. The number of rotatable bonds is 6. The third-order valence-electron chi connectivity index (χ3n) is 4.38. The van der Waals surface area contributed by atoms with E-state index >= 15 is 0 Å². The van der Waals surface area contributed by atoms with Crippen LogP contribution in [0.4, 0.5) is 15.9 Å². The smallest absolute Gasteiger partial charge is 0.271 e. The van der Waals surface area contributed by atoms with Gasteiger partial charge >= 0.3 is 0 Å². The summed E-state index contributed by atoms with van der Waals surface area (Å²) in [6, 6.07) is 14.3. The first-order valence-electron chi connectivity index (χ1n) is 8.87. The quantitative estimate of drug-likeness (QED) is 0.479. The van der Waals surface area contributed by atoms with Crippen LogP contribution in [0.1, 0.15) is 16.1 Å². The topological polar surface area (TPSA) is 82.7 Å². The van der Waals surface area contributed by atoms with Crippen LogP contribution in [0.15, 0.2) is 67.1 Å². The summed E-state index contributed by atoms with van der Waals surface area (Å²) in [4.78, 5) is 23.7.